The minimum atomic E-state index is 0.254. The number of hydrogen-bond donors (Lipinski definition) is 0. The van der Waals surface area contributed by atoms with E-state index in [-0.39, 0.29) is 5.92 Å². The van der Waals surface area contributed by atoms with Gasteiger partial charge in [-0.2, -0.15) is 4.98 Å². The lowest BCUT2D eigenvalue weighted by Crippen LogP contribution is -2.35. The van der Waals surface area contributed by atoms with Crippen LogP contribution in [0.5, 0.6) is 5.75 Å². The van der Waals surface area contributed by atoms with Crippen molar-refractivity contribution in [3.05, 3.63) is 30.1 Å². The lowest BCUT2D eigenvalue weighted by molar-refractivity contribution is -0.135. The van der Waals surface area contributed by atoms with Crippen molar-refractivity contribution >= 4 is 5.91 Å². The van der Waals surface area contributed by atoms with Crippen LogP contribution >= 0.6 is 0 Å². The van der Waals surface area contributed by atoms with Crippen molar-refractivity contribution in [3.8, 4) is 17.2 Å². The molecule has 27 heavy (non-hydrogen) atoms. The molecule has 1 aromatic carbocycles. The van der Waals surface area contributed by atoms with Gasteiger partial charge in [-0.05, 0) is 49.4 Å². The summed E-state index contributed by atoms with van der Waals surface area (Å²) in [6.45, 7) is 1.69. The number of carbonyl (C=O) groups is 1. The predicted molar refractivity (Wildman–Crippen MR) is 101 cm³/mol. The molecule has 4 rings (SSSR count). The van der Waals surface area contributed by atoms with Crippen molar-refractivity contribution in [2.45, 2.75) is 44.9 Å². The van der Waals surface area contributed by atoms with E-state index < -0.39 is 0 Å². The minimum absolute atomic E-state index is 0.254. The van der Waals surface area contributed by atoms with Crippen molar-refractivity contribution in [2.75, 3.05) is 20.2 Å². The molecule has 1 atom stereocenters. The Bertz CT molecular complexity index is 765. The summed E-state index contributed by atoms with van der Waals surface area (Å²) in [5, 5.41) is 4.14. The van der Waals surface area contributed by atoms with Gasteiger partial charge in [0.25, 0.3) is 5.89 Å². The van der Waals surface area contributed by atoms with Crippen LogP contribution in [0.15, 0.2) is 28.8 Å². The van der Waals surface area contributed by atoms with Gasteiger partial charge >= 0.3 is 0 Å². The maximum absolute atomic E-state index is 12.7. The number of aromatic nitrogens is 2. The summed E-state index contributed by atoms with van der Waals surface area (Å²) in [6.07, 6.45) is 7.58. The standard InChI is InChI=1S/C21H27N3O3/c1-26-18-9-7-16(8-10-18)20-22-19(23-27-20)13-15-11-12-24(14-15)21(25)17-5-3-2-4-6-17/h7-10,15,17H,2-6,11-14H2,1H3. The molecule has 1 saturated heterocycles. The first kappa shape index (κ1) is 18.0. The lowest BCUT2D eigenvalue weighted by atomic mass is 9.88. The molecule has 0 N–H and O–H groups in total. The maximum Gasteiger partial charge on any atom is 0.257 e. The molecule has 2 aliphatic rings. The number of methoxy groups -OCH3 is 1. The van der Waals surface area contributed by atoms with Gasteiger partial charge in [-0.1, -0.05) is 24.4 Å². The number of likely N-dealkylation sites (tertiary alicyclic amines) is 1. The van der Waals surface area contributed by atoms with Crippen molar-refractivity contribution in [3.63, 3.8) is 0 Å². The van der Waals surface area contributed by atoms with Crippen LogP contribution in [0.3, 0.4) is 0 Å². The summed E-state index contributed by atoms with van der Waals surface area (Å²) < 4.78 is 10.6. The topological polar surface area (TPSA) is 68.5 Å². The van der Waals surface area contributed by atoms with E-state index in [0.717, 1.165) is 55.9 Å². The summed E-state index contributed by atoms with van der Waals surface area (Å²) in [4.78, 5) is 19.3. The number of carbonyl (C=O) groups excluding carboxylic acids is 1. The summed E-state index contributed by atoms with van der Waals surface area (Å²) in [5.74, 6) is 3.08. The molecule has 2 fully saturated rings. The zero-order valence-corrected chi connectivity index (χ0v) is 15.9. The molecule has 1 amide bonds. The molecule has 1 aliphatic heterocycles. The van der Waals surface area contributed by atoms with E-state index in [0.29, 0.717) is 17.7 Å². The van der Waals surface area contributed by atoms with Crippen LogP contribution in [-0.4, -0.2) is 41.1 Å². The van der Waals surface area contributed by atoms with Gasteiger partial charge in [0.05, 0.1) is 7.11 Å². The first-order valence-corrected chi connectivity index (χ1v) is 9.98. The second kappa shape index (κ2) is 8.11. The quantitative estimate of drug-likeness (QED) is 0.803. The van der Waals surface area contributed by atoms with Crippen LogP contribution in [0, 0.1) is 11.8 Å². The summed E-state index contributed by atoms with van der Waals surface area (Å²) >= 11 is 0. The van der Waals surface area contributed by atoms with Gasteiger partial charge in [0, 0.05) is 31.0 Å². The highest BCUT2D eigenvalue weighted by Crippen LogP contribution is 2.29. The van der Waals surface area contributed by atoms with Gasteiger partial charge in [0.2, 0.25) is 5.91 Å². The molecule has 1 aliphatic carbocycles. The zero-order valence-electron chi connectivity index (χ0n) is 15.9. The normalized spacial score (nSPS) is 20.8. The van der Waals surface area contributed by atoms with Gasteiger partial charge in [0.1, 0.15) is 5.75 Å². The molecule has 6 nitrogen and oxygen atoms in total. The average molecular weight is 369 g/mol. The number of benzene rings is 1. The van der Waals surface area contributed by atoms with E-state index in [2.05, 4.69) is 15.0 Å². The highest BCUT2D eigenvalue weighted by atomic mass is 16.5. The van der Waals surface area contributed by atoms with E-state index >= 15 is 0 Å². The molecular formula is C21H27N3O3. The van der Waals surface area contributed by atoms with Crippen LogP contribution < -0.4 is 4.74 Å². The third kappa shape index (κ3) is 4.15. The first-order chi connectivity index (χ1) is 13.2. The molecule has 0 spiro atoms. The number of amides is 1. The Morgan fingerprint density at radius 3 is 2.70 bits per heavy atom. The second-order valence-electron chi connectivity index (χ2n) is 7.72. The van der Waals surface area contributed by atoms with Crippen molar-refractivity contribution in [1.82, 2.24) is 15.0 Å². The summed E-state index contributed by atoms with van der Waals surface area (Å²) in [5.41, 5.74) is 0.884. The minimum Gasteiger partial charge on any atom is -0.497 e. The Kier molecular flexibility index (Phi) is 5.41. The molecule has 144 valence electrons. The van der Waals surface area contributed by atoms with E-state index in [1.165, 1.54) is 19.3 Å². The maximum atomic E-state index is 12.7. The molecule has 1 unspecified atom stereocenters. The SMILES string of the molecule is COc1ccc(-c2nc(CC3CCN(C(=O)C4CCCCC4)C3)no2)cc1. The Labute approximate surface area is 159 Å². The number of hydrogen-bond acceptors (Lipinski definition) is 5. The fraction of sp³-hybridized carbons (Fsp3) is 0.571. The summed E-state index contributed by atoms with van der Waals surface area (Å²) in [7, 11) is 1.64. The molecule has 1 aromatic heterocycles. The molecular weight excluding hydrogens is 342 g/mol. The Morgan fingerprint density at radius 2 is 1.96 bits per heavy atom. The molecule has 0 radical (unpaired) electrons. The zero-order chi connectivity index (χ0) is 18.6. The van der Waals surface area contributed by atoms with Crippen LogP contribution in [0.2, 0.25) is 0 Å². The van der Waals surface area contributed by atoms with Gasteiger partial charge < -0.3 is 14.2 Å². The molecule has 2 aromatic rings. The third-order valence-electron chi connectivity index (χ3n) is 5.83. The van der Waals surface area contributed by atoms with Crippen molar-refractivity contribution in [2.24, 2.45) is 11.8 Å². The predicted octanol–water partition coefficient (Wildman–Crippen LogP) is 3.72. The molecule has 0 bridgehead atoms. The van der Waals surface area contributed by atoms with E-state index in [9.17, 15) is 4.79 Å². The van der Waals surface area contributed by atoms with E-state index in [1.807, 2.05) is 24.3 Å². The average Bonchev–Trinajstić information content (AvgIpc) is 3.38. The fourth-order valence-corrected chi connectivity index (χ4v) is 4.25. The molecule has 6 heteroatoms. The molecule has 2 heterocycles. The number of rotatable bonds is 5. The number of nitrogens with zero attached hydrogens (tertiary/aromatic N) is 3. The third-order valence-corrected chi connectivity index (χ3v) is 5.83. The van der Waals surface area contributed by atoms with Crippen LogP contribution in [0.4, 0.5) is 0 Å². The fourth-order valence-electron chi connectivity index (χ4n) is 4.25. The first-order valence-electron chi connectivity index (χ1n) is 9.98. The van der Waals surface area contributed by atoms with E-state index in [4.69, 9.17) is 9.26 Å². The Morgan fingerprint density at radius 1 is 1.19 bits per heavy atom. The highest BCUT2D eigenvalue weighted by molar-refractivity contribution is 5.79. The van der Waals surface area contributed by atoms with Crippen LogP contribution in [-0.2, 0) is 11.2 Å². The highest BCUT2D eigenvalue weighted by Gasteiger charge is 2.32. The van der Waals surface area contributed by atoms with Crippen LogP contribution in [0.1, 0.15) is 44.3 Å². The number of ether oxygens (including phenoxy) is 1. The summed E-state index contributed by atoms with van der Waals surface area (Å²) in [6, 6.07) is 7.59. The monoisotopic (exact) mass is 369 g/mol. The van der Waals surface area contributed by atoms with E-state index in [1.54, 1.807) is 7.11 Å². The second-order valence-corrected chi connectivity index (χ2v) is 7.72. The van der Waals surface area contributed by atoms with Gasteiger partial charge in [-0.3, -0.25) is 4.79 Å². The Hall–Kier alpha value is -2.37. The van der Waals surface area contributed by atoms with Gasteiger partial charge in [-0.15, -0.1) is 0 Å². The lowest BCUT2D eigenvalue weighted by Gasteiger charge is -2.26. The van der Waals surface area contributed by atoms with Gasteiger partial charge in [-0.25, -0.2) is 0 Å². The molecule has 1 saturated carbocycles. The smallest absolute Gasteiger partial charge is 0.257 e. The van der Waals surface area contributed by atoms with Crippen molar-refractivity contribution < 1.29 is 14.1 Å². The van der Waals surface area contributed by atoms with Gasteiger partial charge in [0.15, 0.2) is 5.82 Å². The Balaban J connectivity index is 1.33. The largest absolute Gasteiger partial charge is 0.497 e. The van der Waals surface area contributed by atoms with Crippen LogP contribution in [0.25, 0.3) is 11.5 Å². The van der Waals surface area contributed by atoms with Crippen molar-refractivity contribution in [1.29, 1.82) is 0 Å².